The molecule has 0 aromatic heterocycles. The van der Waals surface area contributed by atoms with Gasteiger partial charge in [0.2, 0.25) is 5.91 Å². The summed E-state index contributed by atoms with van der Waals surface area (Å²) < 4.78 is 30.1. The Bertz CT molecular complexity index is 1210. The summed E-state index contributed by atoms with van der Waals surface area (Å²) in [6.07, 6.45) is 1.24. The van der Waals surface area contributed by atoms with Crippen molar-refractivity contribution in [1.29, 1.82) is 0 Å². The van der Waals surface area contributed by atoms with Gasteiger partial charge in [0.1, 0.15) is 4.90 Å². The number of rotatable bonds is 8. The molecule has 0 unspecified atom stereocenters. The summed E-state index contributed by atoms with van der Waals surface area (Å²) >= 11 is 0. The Morgan fingerprint density at radius 1 is 1.00 bits per heavy atom. The van der Waals surface area contributed by atoms with Crippen molar-refractivity contribution in [2.45, 2.75) is 11.3 Å². The van der Waals surface area contributed by atoms with Gasteiger partial charge < -0.3 is 4.18 Å². The molecule has 0 saturated heterocycles. The molecule has 0 saturated carbocycles. The maximum absolute atomic E-state index is 12.4. The van der Waals surface area contributed by atoms with Crippen molar-refractivity contribution < 1.29 is 22.3 Å². The van der Waals surface area contributed by atoms with E-state index in [9.17, 15) is 23.3 Å². The second-order valence-corrected chi connectivity index (χ2v) is 7.83. The molecule has 158 valence electrons. The van der Waals surface area contributed by atoms with Crippen LogP contribution >= 0.6 is 0 Å². The number of nitro benzene ring substituents is 1. The van der Waals surface area contributed by atoms with Crippen LogP contribution in [0.3, 0.4) is 0 Å². The maximum Gasteiger partial charge on any atom is 0.339 e. The number of para-hydroxylation sites is 1. The van der Waals surface area contributed by atoms with Crippen LogP contribution in [-0.4, -0.2) is 25.5 Å². The molecule has 1 amide bonds. The molecule has 3 aromatic rings. The smallest absolute Gasteiger partial charge is 0.339 e. The largest absolute Gasteiger partial charge is 0.378 e. The van der Waals surface area contributed by atoms with E-state index in [1.807, 2.05) is 0 Å². The van der Waals surface area contributed by atoms with Crippen LogP contribution in [0, 0.1) is 10.1 Å². The van der Waals surface area contributed by atoms with Crippen LogP contribution in [0.15, 0.2) is 88.9 Å². The lowest BCUT2D eigenvalue weighted by atomic mass is 10.1. The van der Waals surface area contributed by atoms with Gasteiger partial charge >= 0.3 is 10.1 Å². The minimum absolute atomic E-state index is 0.0122. The summed E-state index contributed by atoms with van der Waals surface area (Å²) in [4.78, 5) is 22.2. The van der Waals surface area contributed by atoms with Gasteiger partial charge in [0.25, 0.3) is 5.69 Å². The third-order valence-corrected chi connectivity index (χ3v) is 5.30. The van der Waals surface area contributed by atoms with Gasteiger partial charge in [-0.15, -0.1) is 0 Å². The molecule has 0 radical (unpaired) electrons. The first kappa shape index (κ1) is 21.7. The Morgan fingerprint density at radius 3 is 2.32 bits per heavy atom. The third-order valence-electron chi connectivity index (χ3n) is 4.06. The molecule has 9 nitrogen and oxygen atoms in total. The van der Waals surface area contributed by atoms with Gasteiger partial charge in [0, 0.05) is 17.7 Å². The molecule has 1 N–H and O–H groups in total. The van der Waals surface area contributed by atoms with Gasteiger partial charge in [-0.1, -0.05) is 42.5 Å². The van der Waals surface area contributed by atoms with Crippen LogP contribution in [0.2, 0.25) is 0 Å². The van der Waals surface area contributed by atoms with E-state index in [0.29, 0.717) is 11.1 Å². The zero-order valence-electron chi connectivity index (χ0n) is 16.0. The number of hydrogen-bond acceptors (Lipinski definition) is 7. The first-order chi connectivity index (χ1) is 14.8. The van der Waals surface area contributed by atoms with Crippen LogP contribution in [0.25, 0.3) is 0 Å². The molecule has 0 aliphatic heterocycles. The molecule has 0 aliphatic carbocycles. The first-order valence-corrected chi connectivity index (χ1v) is 10.4. The number of amides is 1. The van der Waals surface area contributed by atoms with E-state index >= 15 is 0 Å². The predicted molar refractivity (Wildman–Crippen MR) is 113 cm³/mol. The number of hydrogen-bond donors (Lipinski definition) is 1. The number of carbonyl (C=O) groups is 1. The van der Waals surface area contributed by atoms with E-state index < -0.39 is 20.9 Å². The van der Waals surface area contributed by atoms with E-state index in [-0.39, 0.29) is 22.8 Å². The highest BCUT2D eigenvalue weighted by molar-refractivity contribution is 7.87. The lowest BCUT2D eigenvalue weighted by Gasteiger charge is -2.09. The third kappa shape index (κ3) is 5.97. The van der Waals surface area contributed by atoms with Gasteiger partial charge in [-0.25, -0.2) is 5.43 Å². The fourth-order valence-electron chi connectivity index (χ4n) is 2.55. The van der Waals surface area contributed by atoms with Crippen LogP contribution < -0.4 is 9.61 Å². The standard InChI is InChI=1S/C21H17N3O6S/c25-21(14-16-10-12-18(13-11-16)24(26)27)23-22-15-17-6-4-5-9-20(17)30-31(28,29)19-7-2-1-3-8-19/h1-13,15H,14H2,(H,23,25)/b22-15-. The van der Waals surface area contributed by atoms with Crippen LogP contribution in [0.4, 0.5) is 5.69 Å². The fraction of sp³-hybridized carbons (Fsp3) is 0.0476. The molecule has 10 heteroatoms. The number of carbonyl (C=O) groups excluding carboxylic acids is 1. The average molecular weight is 439 g/mol. The molecule has 31 heavy (non-hydrogen) atoms. The minimum atomic E-state index is -4.02. The number of nitrogens with zero attached hydrogens (tertiary/aromatic N) is 2. The van der Waals surface area contributed by atoms with Gasteiger partial charge in [-0.2, -0.15) is 13.5 Å². The Labute approximate surface area is 178 Å². The SMILES string of the molecule is O=C(Cc1ccc([N+](=O)[O-])cc1)N/N=C\c1ccccc1OS(=O)(=O)c1ccccc1. The molecule has 0 spiro atoms. The molecule has 0 bridgehead atoms. The summed E-state index contributed by atoms with van der Waals surface area (Å²) in [7, 11) is -4.02. The maximum atomic E-state index is 12.4. The van der Waals surface area contributed by atoms with Crippen LogP contribution in [-0.2, 0) is 21.3 Å². The summed E-state index contributed by atoms with van der Waals surface area (Å²) in [5, 5.41) is 14.5. The molecule has 3 aromatic carbocycles. The summed E-state index contributed by atoms with van der Waals surface area (Å²) in [6, 6.07) is 19.6. The van der Waals surface area contributed by atoms with Gasteiger partial charge in [-0.05, 0) is 29.8 Å². The molecule has 0 aliphatic rings. The number of hydrazone groups is 1. The van der Waals surface area contributed by atoms with Crippen molar-refractivity contribution in [3.63, 3.8) is 0 Å². The summed E-state index contributed by atoms with van der Waals surface area (Å²) in [5.41, 5.74) is 3.19. The molecule has 0 heterocycles. The van der Waals surface area contributed by atoms with E-state index in [1.54, 1.807) is 36.4 Å². The van der Waals surface area contributed by atoms with Crippen molar-refractivity contribution >= 4 is 27.9 Å². The predicted octanol–water partition coefficient (Wildman–Crippen LogP) is 3.06. The van der Waals surface area contributed by atoms with Crippen LogP contribution in [0.1, 0.15) is 11.1 Å². The van der Waals surface area contributed by atoms with E-state index in [4.69, 9.17) is 4.18 Å². The lowest BCUT2D eigenvalue weighted by Crippen LogP contribution is -2.19. The second-order valence-electron chi connectivity index (χ2n) is 6.28. The van der Waals surface area contributed by atoms with Crippen molar-refractivity contribution in [2.75, 3.05) is 0 Å². The average Bonchev–Trinajstić information content (AvgIpc) is 2.76. The monoisotopic (exact) mass is 439 g/mol. The lowest BCUT2D eigenvalue weighted by molar-refractivity contribution is -0.384. The Hall–Kier alpha value is -4.05. The van der Waals surface area contributed by atoms with Gasteiger partial charge in [0.15, 0.2) is 5.75 Å². The summed E-state index contributed by atoms with van der Waals surface area (Å²) in [5.74, 6) is -0.389. The number of non-ortho nitro benzene ring substituents is 1. The van der Waals surface area contributed by atoms with Crippen molar-refractivity contribution in [3.8, 4) is 5.75 Å². The molecule has 0 atom stereocenters. The molecular weight excluding hydrogens is 422 g/mol. The summed E-state index contributed by atoms with van der Waals surface area (Å²) in [6.45, 7) is 0. The quantitative estimate of drug-likeness (QED) is 0.249. The highest BCUT2D eigenvalue weighted by atomic mass is 32.2. The number of benzene rings is 3. The zero-order valence-corrected chi connectivity index (χ0v) is 16.9. The Balaban J connectivity index is 1.65. The second kappa shape index (κ2) is 9.63. The van der Waals surface area contributed by atoms with E-state index in [0.717, 1.165) is 0 Å². The zero-order chi connectivity index (χ0) is 22.3. The molecule has 0 fully saturated rings. The highest BCUT2D eigenvalue weighted by Gasteiger charge is 2.17. The number of nitro groups is 1. The fourth-order valence-corrected chi connectivity index (χ4v) is 3.53. The van der Waals surface area contributed by atoms with Gasteiger partial charge in [-0.3, -0.25) is 14.9 Å². The highest BCUT2D eigenvalue weighted by Crippen LogP contribution is 2.21. The Kier molecular flexibility index (Phi) is 6.73. The van der Waals surface area contributed by atoms with Crippen molar-refractivity contribution in [3.05, 3.63) is 100 Å². The van der Waals surface area contributed by atoms with Gasteiger partial charge in [0.05, 0.1) is 17.6 Å². The van der Waals surface area contributed by atoms with Crippen LogP contribution in [0.5, 0.6) is 5.75 Å². The van der Waals surface area contributed by atoms with E-state index in [1.165, 1.54) is 48.7 Å². The van der Waals surface area contributed by atoms with Crippen molar-refractivity contribution in [1.82, 2.24) is 5.43 Å². The van der Waals surface area contributed by atoms with E-state index in [2.05, 4.69) is 10.5 Å². The molecule has 3 rings (SSSR count). The topological polar surface area (TPSA) is 128 Å². The molecular formula is C21H17N3O6S. The minimum Gasteiger partial charge on any atom is -0.378 e. The van der Waals surface area contributed by atoms with Crippen molar-refractivity contribution in [2.24, 2.45) is 5.10 Å². The number of nitrogens with one attached hydrogen (secondary N) is 1. The normalized spacial score (nSPS) is 11.2. The Morgan fingerprint density at radius 2 is 1.65 bits per heavy atom. The first-order valence-electron chi connectivity index (χ1n) is 8.99.